The van der Waals surface area contributed by atoms with Gasteiger partial charge in [0.1, 0.15) is 18.8 Å². The van der Waals surface area contributed by atoms with Crippen molar-refractivity contribution in [3.05, 3.63) is 41.3 Å². The fourth-order valence-electron chi connectivity index (χ4n) is 1.18. The Bertz CT molecular complexity index is 520. The van der Waals surface area contributed by atoms with Crippen molar-refractivity contribution < 1.29 is 19.4 Å². The number of hydrogen-bond acceptors (Lipinski definition) is 4. The molecule has 7 heteroatoms. The predicted molar refractivity (Wildman–Crippen MR) is 63.5 cm³/mol. The molecule has 0 unspecified atom stereocenters. The summed E-state index contributed by atoms with van der Waals surface area (Å²) in [6.45, 7) is 2.91. The van der Waals surface area contributed by atoms with E-state index in [0.29, 0.717) is 0 Å². The number of carbonyl (C=O) groups excluding carboxylic acids is 1. The van der Waals surface area contributed by atoms with Crippen molar-refractivity contribution in [3.8, 4) is 0 Å². The molecule has 0 saturated heterocycles. The Morgan fingerprint density at radius 3 is 2.89 bits per heavy atom. The number of carbonyl (C=O) groups is 2. The monoisotopic (exact) mass is 252 g/mol. The molecule has 1 rings (SSSR count). The third-order valence-corrected chi connectivity index (χ3v) is 1.89. The molecule has 0 bridgehead atoms. The molecule has 0 spiro atoms. The fraction of sp³-hybridized carbons (Fsp3) is 0.182. The van der Waals surface area contributed by atoms with Crippen LogP contribution < -0.4 is 10.9 Å². The van der Waals surface area contributed by atoms with Crippen LogP contribution >= 0.6 is 0 Å². The Kier molecular flexibility index (Phi) is 4.67. The molecule has 1 amide bonds. The van der Waals surface area contributed by atoms with E-state index in [0.717, 1.165) is 4.57 Å². The third kappa shape index (κ3) is 3.78. The van der Waals surface area contributed by atoms with E-state index in [2.05, 4.69) is 16.6 Å². The number of amides is 1. The maximum Gasteiger partial charge on any atom is 0.412 e. The first kappa shape index (κ1) is 13.5. The molecule has 0 atom stereocenters. The topological polar surface area (TPSA) is 97.6 Å². The van der Waals surface area contributed by atoms with E-state index in [4.69, 9.17) is 5.11 Å². The molecule has 0 aromatic carbocycles. The number of nitrogens with one attached hydrogen (secondary N) is 1. The van der Waals surface area contributed by atoms with Gasteiger partial charge >= 0.3 is 12.1 Å². The van der Waals surface area contributed by atoms with Gasteiger partial charge in [-0.25, -0.2) is 4.79 Å². The molecule has 0 radical (unpaired) electrons. The van der Waals surface area contributed by atoms with E-state index < -0.39 is 24.2 Å². The number of ether oxygens (including phenoxy) is 1. The summed E-state index contributed by atoms with van der Waals surface area (Å²) in [5, 5.41) is 10.8. The first-order chi connectivity index (χ1) is 8.54. The highest BCUT2D eigenvalue weighted by atomic mass is 16.5. The average molecular weight is 252 g/mol. The molecule has 0 aliphatic carbocycles. The lowest BCUT2D eigenvalue weighted by molar-refractivity contribution is -0.137. The average Bonchev–Trinajstić information content (AvgIpc) is 2.31. The zero-order valence-electron chi connectivity index (χ0n) is 9.46. The number of nitrogens with zero attached hydrogens (tertiary/aromatic N) is 1. The summed E-state index contributed by atoms with van der Waals surface area (Å²) in [6, 6.07) is 2.81. The first-order valence-corrected chi connectivity index (χ1v) is 5.00. The summed E-state index contributed by atoms with van der Waals surface area (Å²) in [7, 11) is 0. The second-order valence-electron chi connectivity index (χ2n) is 3.26. The van der Waals surface area contributed by atoms with Gasteiger partial charge in [-0.3, -0.25) is 14.9 Å². The van der Waals surface area contributed by atoms with Crippen LogP contribution in [-0.2, 0) is 16.1 Å². The van der Waals surface area contributed by atoms with Crippen molar-refractivity contribution in [2.75, 3.05) is 11.9 Å². The quantitative estimate of drug-likeness (QED) is 0.750. The van der Waals surface area contributed by atoms with E-state index in [9.17, 15) is 14.4 Å². The van der Waals surface area contributed by atoms with Crippen LogP contribution in [0.25, 0.3) is 0 Å². The van der Waals surface area contributed by atoms with Crippen LogP contribution in [0, 0.1) is 0 Å². The molecule has 1 heterocycles. The summed E-state index contributed by atoms with van der Waals surface area (Å²) in [4.78, 5) is 33.4. The minimum Gasteiger partial charge on any atom is -0.480 e. The van der Waals surface area contributed by atoms with Crippen molar-refractivity contribution >= 4 is 17.7 Å². The van der Waals surface area contributed by atoms with Crippen LogP contribution in [0.15, 0.2) is 35.8 Å². The standard InChI is InChI=1S/C11H12N2O5/c1-2-6-18-11(17)12-8-4-3-5-13(10(8)16)7-9(14)15/h2-5H,1,6-7H2,(H,12,17)(H,14,15). The summed E-state index contributed by atoms with van der Waals surface area (Å²) >= 11 is 0. The molecule has 1 aromatic heterocycles. The predicted octanol–water partition coefficient (Wildman–Crippen LogP) is 0.667. The lowest BCUT2D eigenvalue weighted by Crippen LogP contribution is -2.27. The zero-order valence-corrected chi connectivity index (χ0v) is 9.46. The minimum atomic E-state index is -1.15. The maximum atomic E-state index is 11.7. The highest BCUT2D eigenvalue weighted by Crippen LogP contribution is 1.99. The normalized spacial score (nSPS) is 9.56. The Morgan fingerprint density at radius 1 is 1.56 bits per heavy atom. The van der Waals surface area contributed by atoms with Crippen molar-refractivity contribution in [1.82, 2.24) is 4.57 Å². The van der Waals surface area contributed by atoms with Crippen molar-refractivity contribution in [3.63, 3.8) is 0 Å². The van der Waals surface area contributed by atoms with Crippen LogP contribution in [0.3, 0.4) is 0 Å². The number of aromatic nitrogens is 1. The Balaban J connectivity index is 2.84. The van der Waals surface area contributed by atoms with E-state index in [1.54, 1.807) is 0 Å². The molecule has 7 nitrogen and oxygen atoms in total. The number of anilines is 1. The number of hydrogen-bond donors (Lipinski definition) is 2. The molecule has 0 fully saturated rings. The highest BCUT2D eigenvalue weighted by Gasteiger charge is 2.09. The van der Waals surface area contributed by atoms with Crippen LogP contribution in [0.4, 0.5) is 10.5 Å². The van der Waals surface area contributed by atoms with Gasteiger partial charge in [0.05, 0.1) is 0 Å². The van der Waals surface area contributed by atoms with Gasteiger partial charge in [-0.15, -0.1) is 0 Å². The number of carboxylic acid groups (broad SMARTS) is 1. The van der Waals surface area contributed by atoms with Crippen molar-refractivity contribution in [1.29, 1.82) is 0 Å². The molecule has 18 heavy (non-hydrogen) atoms. The second-order valence-corrected chi connectivity index (χ2v) is 3.26. The summed E-state index contributed by atoms with van der Waals surface area (Å²) in [6.07, 6.45) is 1.89. The van der Waals surface area contributed by atoms with Gasteiger partial charge in [0.25, 0.3) is 5.56 Å². The third-order valence-electron chi connectivity index (χ3n) is 1.89. The molecule has 1 aromatic rings. The molecule has 0 aliphatic rings. The Labute approximate surface area is 102 Å². The van der Waals surface area contributed by atoms with E-state index in [1.165, 1.54) is 24.4 Å². The first-order valence-electron chi connectivity index (χ1n) is 5.00. The number of pyridine rings is 1. The molecule has 2 N–H and O–H groups in total. The minimum absolute atomic E-state index is 0.0159. The van der Waals surface area contributed by atoms with Gasteiger partial charge in [0.15, 0.2) is 0 Å². The second kappa shape index (κ2) is 6.24. The highest BCUT2D eigenvalue weighted by molar-refractivity contribution is 5.84. The van der Waals surface area contributed by atoms with Crippen molar-refractivity contribution in [2.45, 2.75) is 6.54 Å². The molecule has 0 aliphatic heterocycles. The Hall–Kier alpha value is -2.57. The number of rotatable bonds is 5. The van der Waals surface area contributed by atoms with E-state index in [-0.39, 0.29) is 12.3 Å². The lowest BCUT2D eigenvalue weighted by atomic mass is 10.4. The molecule has 0 saturated carbocycles. The van der Waals surface area contributed by atoms with Crippen LogP contribution in [0.2, 0.25) is 0 Å². The fourth-order valence-corrected chi connectivity index (χ4v) is 1.18. The van der Waals surface area contributed by atoms with Crippen LogP contribution in [0.1, 0.15) is 0 Å². The van der Waals surface area contributed by atoms with Gasteiger partial charge in [-0.05, 0) is 12.1 Å². The Morgan fingerprint density at radius 2 is 2.28 bits per heavy atom. The van der Waals surface area contributed by atoms with Gasteiger partial charge in [0, 0.05) is 6.20 Å². The summed E-state index contributed by atoms with van der Waals surface area (Å²) in [5.41, 5.74) is -0.664. The molecular formula is C11H12N2O5. The number of carboxylic acids is 1. The maximum absolute atomic E-state index is 11.7. The van der Waals surface area contributed by atoms with Gasteiger partial charge < -0.3 is 14.4 Å². The largest absolute Gasteiger partial charge is 0.480 e. The summed E-state index contributed by atoms with van der Waals surface area (Å²) in [5.74, 6) is -1.15. The molecule has 96 valence electrons. The van der Waals surface area contributed by atoms with Gasteiger partial charge in [-0.1, -0.05) is 12.7 Å². The lowest BCUT2D eigenvalue weighted by Gasteiger charge is -2.07. The zero-order chi connectivity index (χ0) is 13.5. The van der Waals surface area contributed by atoms with Crippen molar-refractivity contribution in [2.24, 2.45) is 0 Å². The van der Waals surface area contributed by atoms with Gasteiger partial charge in [0.2, 0.25) is 0 Å². The molecular weight excluding hydrogens is 240 g/mol. The number of aliphatic carboxylic acids is 1. The van der Waals surface area contributed by atoms with Gasteiger partial charge in [-0.2, -0.15) is 0 Å². The summed E-state index contributed by atoms with van der Waals surface area (Å²) < 4.78 is 5.60. The SMILES string of the molecule is C=CCOC(=O)Nc1cccn(CC(=O)O)c1=O. The smallest absolute Gasteiger partial charge is 0.412 e. The van der Waals surface area contributed by atoms with E-state index >= 15 is 0 Å². The van der Waals surface area contributed by atoms with Crippen LogP contribution in [-0.4, -0.2) is 28.3 Å². The van der Waals surface area contributed by atoms with Crippen LogP contribution in [0.5, 0.6) is 0 Å². The van der Waals surface area contributed by atoms with E-state index in [1.807, 2.05) is 0 Å².